The lowest BCUT2D eigenvalue weighted by Crippen LogP contribution is -2.45. The summed E-state index contributed by atoms with van der Waals surface area (Å²) in [5.41, 5.74) is 13.6. The van der Waals surface area contributed by atoms with Crippen molar-refractivity contribution in [3.8, 4) is 0 Å². The first kappa shape index (κ1) is 95.9. The molecule has 1 aromatic carbocycles. The molecule has 0 bridgehead atoms. The van der Waals surface area contributed by atoms with Crippen molar-refractivity contribution in [1.82, 2.24) is 108 Å². The van der Waals surface area contributed by atoms with E-state index in [-0.39, 0.29) is 104 Å². The summed E-state index contributed by atoms with van der Waals surface area (Å²) < 4.78 is 6.88. The molecule has 0 unspecified atom stereocenters. The van der Waals surface area contributed by atoms with Gasteiger partial charge in [-0.25, -0.2) is 34.9 Å². The number of rotatable bonds is 19. The zero-order valence-corrected chi connectivity index (χ0v) is 81.9. The zero-order chi connectivity index (χ0) is 98.3. The fraction of sp³-hybridized carbons (Fsp3) is 0.457. The summed E-state index contributed by atoms with van der Waals surface area (Å²) in [5, 5.41) is 23.1. The van der Waals surface area contributed by atoms with Crippen LogP contribution < -0.4 is 54.1 Å². The van der Waals surface area contributed by atoms with E-state index in [0.717, 1.165) is 205 Å². The van der Waals surface area contributed by atoms with Crippen molar-refractivity contribution >= 4 is 137 Å². The summed E-state index contributed by atoms with van der Waals surface area (Å²) in [5.74, 6) is 2.40. The summed E-state index contributed by atoms with van der Waals surface area (Å²) in [7, 11) is 2.21. The molecule has 13 aromatic rings. The first-order valence-corrected chi connectivity index (χ1v) is 49.9. The van der Waals surface area contributed by atoms with Crippen LogP contribution >= 0.6 is 0 Å². The minimum absolute atomic E-state index is 0.0202. The van der Waals surface area contributed by atoms with Crippen LogP contribution in [0.5, 0.6) is 0 Å². The highest BCUT2D eigenvalue weighted by Crippen LogP contribution is 2.40. The van der Waals surface area contributed by atoms with E-state index in [1.807, 2.05) is 43.1 Å². The monoisotopic (exact) mass is 1910 g/mol. The number of piperazine rings is 1. The lowest BCUT2D eigenvalue weighted by atomic mass is 9.98. The van der Waals surface area contributed by atoms with Gasteiger partial charge in [0.25, 0.3) is 28.1 Å². The Morgan fingerprint density at radius 2 is 0.787 bits per heavy atom. The van der Waals surface area contributed by atoms with Crippen LogP contribution in [-0.2, 0) is 43.7 Å². The first-order chi connectivity index (χ1) is 68.1. The minimum atomic E-state index is -0.281. The van der Waals surface area contributed by atoms with Crippen molar-refractivity contribution in [2.45, 2.75) is 247 Å². The maximum Gasteiger partial charge on any atom is 0.263 e. The van der Waals surface area contributed by atoms with E-state index in [1.165, 1.54) is 64.8 Å². The second-order valence-corrected chi connectivity index (χ2v) is 39.3. The molecule has 2 amide bonds. The highest BCUT2D eigenvalue weighted by Gasteiger charge is 2.35. The predicted octanol–water partition coefficient (Wildman–Crippen LogP) is 14.4. The standard InChI is InChI=1S/C29H37N7O2.C28H33N7O2.C25H28N6O3.C23H24N6O3/c1-18-23-16-30-29(33-27(23)36(22-6-4-5-7-22)28(38)26(18)19(2)37)32-25-9-8-20-17-35(15-12-24(20)31-25)21-10-13-34(3)14-11-21;1-17-22-14-31-28(33-26(22)35(20-5-3-4-6-20)27(37)25(17)18(2)36)32-24-15-30-23-8-7-19(13-21(23)24)16-34-11-9-29-10-12-34;1-14-19-12-26-25(28-21-9-8-17-13-30(16(3)33)11-10-20(17)27-21)29-23(19)31(18-6-4-5-7-18)24(34)22(14)15(2)32;1-12-16-11-25-23(27-18-8-7-15-17(26-18)9-10-24-21(15)31)28-20(16)29(14-5-3-4-6-14)22(32)19(12)13(2)30/h8-9,16,21-22H,4-7,10-15,17H2,1-3H3,(H,30,31,32,33);7-8,13-15,20,29-30H,3-6,9-12,16H2,1-2H3,(H,31,32,33);8-9,12,18H,4-7,10-11,13H2,1-3H3,(H,26,27,28,29);7-8,11,14H,3-6,9-10H2,1-2H3,(H,24,31)(H,25,26,27,28). The number of nitrogens with zero attached hydrogens (tertiary/aromatic N) is 19. The van der Waals surface area contributed by atoms with E-state index in [2.05, 4.69) is 113 Å². The molecule has 0 radical (unpaired) electrons. The van der Waals surface area contributed by atoms with Gasteiger partial charge in [0.05, 0.1) is 39.2 Å². The van der Waals surface area contributed by atoms with E-state index in [1.54, 1.807) is 76.0 Å². The minimum Gasteiger partial charge on any atom is -0.359 e. The molecule has 4 aliphatic carbocycles. The number of anilines is 8. The SMILES string of the molecule is CC(=O)c1c(C)c2cnc(Nc3c[nH]c4ccc(CN5CCNCC5)cc34)nc2n(C2CCCC2)c1=O.CC(=O)c1c(C)c2cnc(Nc3ccc4c(n3)CCN(C(C)=O)C4)nc2n(C2CCCC2)c1=O.CC(=O)c1c(C)c2cnc(Nc3ccc4c(n3)CCN(C3CCN(C)CC3)C4)nc2n(C2CCCC2)c1=O.CC(=O)c1c(C)c2cnc(Nc3ccc4c(n3)CCNC4=O)nc2n(C2CCCC2)c1=O. The highest BCUT2D eigenvalue weighted by molar-refractivity contribution is 6.03. The number of aromatic nitrogens is 16. The van der Waals surface area contributed by atoms with Crippen LogP contribution in [0.25, 0.3) is 55.0 Å². The fourth-order valence-electron chi connectivity index (χ4n) is 22.5. The molecule has 141 heavy (non-hydrogen) atoms. The lowest BCUT2D eigenvalue weighted by Gasteiger charge is -2.39. The van der Waals surface area contributed by atoms with Gasteiger partial charge in [-0.1, -0.05) is 69.6 Å². The van der Waals surface area contributed by atoms with Crippen molar-refractivity contribution < 1.29 is 28.8 Å². The number of ketones is 4. The smallest absolute Gasteiger partial charge is 0.263 e. The molecule has 12 aromatic heterocycles. The Morgan fingerprint density at radius 1 is 0.397 bits per heavy atom. The van der Waals surface area contributed by atoms with E-state index >= 15 is 0 Å². The molecule has 2 saturated heterocycles. The van der Waals surface area contributed by atoms with Gasteiger partial charge < -0.3 is 46.7 Å². The molecule has 36 nitrogen and oxygen atoms in total. The number of benzene rings is 1. The Kier molecular flexibility index (Phi) is 27.9. The van der Waals surface area contributed by atoms with Crippen LogP contribution in [0.2, 0.25) is 0 Å². The summed E-state index contributed by atoms with van der Waals surface area (Å²) in [6.07, 6.45) is 29.2. The number of aryl methyl sites for hydroxylation is 4. The van der Waals surface area contributed by atoms with Crippen molar-refractivity contribution in [2.24, 2.45) is 0 Å². The van der Waals surface area contributed by atoms with Crippen LogP contribution in [0.1, 0.15) is 282 Å². The average Bonchev–Trinajstić information content (AvgIpc) is 1.75. The second-order valence-electron chi connectivity index (χ2n) is 39.3. The van der Waals surface area contributed by atoms with Gasteiger partial charge in [0.2, 0.25) is 29.7 Å². The molecule has 6 fully saturated rings. The highest BCUT2D eigenvalue weighted by atomic mass is 16.2. The third-order valence-electron chi connectivity index (χ3n) is 30.0. The molecular formula is C105H122N26O10. The molecule has 7 N–H and O–H groups in total. The molecule has 9 aliphatic rings. The number of hydrogen-bond acceptors (Lipinski definition) is 29. The number of likely N-dealkylation sites (tertiary alicyclic amines) is 1. The molecular weight excluding hydrogens is 1790 g/mol. The molecule has 22 rings (SSSR count). The van der Waals surface area contributed by atoms with E-state index in [9.17, 15) is 47.9 Å². The Hall–Kier alpha value is -14.0. The first-order valence-electron chi connectivity index (χ1n) is 49.9. The Labute approximate surface area is 814 Å². The summed E-state index contributed by atoms with van der Waals surface area (Å²) in [6.45, 7) is 25.7. The molecule has 732 valence electrons. The topological polar surface area (TPSA) is 433 Å². The number of amides is 2. The van der Waals surface area contributed by atoms with E-state index in [4.69, 9.17) is 24.9 Å². The third kappa shape index (κ3) is 19.8. The van der Waals surface area contributed by atoms with Crippen LogP contribution in [0.3, 0.4) is 0 Å². The number of pyridine rings is 7. The third-order valence-corrected chi connectivity index (χ3v) is 30.0. The zero-order valence-electron chi connectivity index (χ0n) is 81.9. The molecule has 36 heteroatoms. The largest absolute Gasteiger partial charge is 0.359 e. The number of aromatic amines is 1. The lowest BCUT2D eigenvalue weighted by molar-refractivity contribution is -0.129. The number of piperidine rings is 1. The van der Waals surface area contributed by atoms with Gasteiger partial charge in [0, 0.05) is 197 Å². The normalized spacial score (nSPS) is 17.3. The molecule has 4 saturated carbocycles. The summed E-state index contributed by atoms with van der Waals surface area (Å²) in [4.78, 5) is 190. The molecule has 0 atom stereocenters. The maximum atomic E-state index is 13.5. The number of carbonyl (C=O) groups excluding carboxylic acids is 6. The van der Waals surface area contributed by atoms with Crippen molar-refractivity contribution in [1.29, 1.82) is 0 Å². The van der Waals surface area contributed by atoms with Gasteiger partial charge >= 0.3 is 0 Å². The number of fused-ring (bicyclic) bond motifs is 8. The van der Waals surface area contributed by atoms with Crippen LogP contribution in [-0.4, -0.2) is 205 Å². The van der Waals surface area contributed by atoms with E-state index in [0.29, 0.717) is 141 Å². The second kappa shape index (κ2) is 41.1. The predicted molar refractivity (Wildman–Crippen MR) is 542 cm³/mol. The van der Waals surface area contributed by atoms with Crippen LogP contribution in [0.15, 0.2) is 105 Å². The van der Waals surface area contributed by atoms with Gasteiger partial charge in [-0.05, 0) is 215 Å². The quantitative estimate of drug-likeness (QED) is 0.0370. The maximum absolute atomic E-state index is 13.5. The van der Waals surface area contributed by atoms with Crippen molar-refractivity contribution in [3.63, 3.8) is 0 Å². The number of nitrogens with one attached hydrogen (secondary N) is 7. The van der Waals surface area contributed by atoms with Crippen molar-refractivity contribution in [3.05, 3.63) is 211 Å². The van der Waals surface area contributed by atoms with Crippen molar-refractivity contribution in [2.75, 3.05) is 87.2 Å². The van der Waals surface area contributed by atoms with Gasteiger partial charge in [0.1, 0.15) is 40.0 Å². The number of H-pyrrole nitrogens is 1. The summed E-state index contributed by atoms with van der Waals surface area (Å²) in [6, 6.07) is 18.8. The van der Waals surface area contributed by atoms with Gasteiger partial charge in [-0.3, -0.25) is 76.0 Å². The van der Waals surface area contributed by atoms with Gasteiger partial charge in [-0.15, -0.1) is 0 Å². The molecule has 5 aliphatic heterocycles. The van der Waals surface area contributed by atoms with Gasteiger partial charge in [-0.2, -0.15) is 19.9 Å². The summed E-state index contributed by atoms with van der Waals surface area (Å²) >= 11 is 0. The van der Waals surface area contributed by atoms with Crippen LogP contribution in [0, 0.1) is 27.7 Å². The number of hydrogen-bond donors (Lipinski definition) is 7. The van der Waals surface area contributed by atoms with Gasteiger partial charge in [0.15, 0.2) is 23.1 Å². The molecule has 0 spiro atoms. The number of carbonyl (C=O) groups is 6. The Bertz CT molecular complexity index is 7410. The Balaban J connectivity index is 0.000000120. The van der Waals surface area contributed by atoms with E-state index < -0.39 is 0 Å². The number of Topliss-reactive ketones (excluding diaryl/α,β-unsaturated/α-hetero) is 4. The average molecular weight is 1910 g/mol. The molecule has 17 heterocycles. The van der Waals surface area contributed by atoms with Crippen LogP contribution in [0.4, 0.5) is 46.9 Å². The Morgan fingerprint density at radius 3 is 1.20 bits per heavy atom. The fourth-order valence-corrected chi connectivity index (χ4v) is 22.5.